The van der Waals surface area contributed by atoms with E-state index < -0.39 is 0 Å². The van der Waals surface area contributed by atoms with Crippen molar-refractivity contribution in [1.29, 1.82) is 0 Å². The number of hydrogen-bond acceptors (Lipinski definition) is 2. The molecular weight excluding hydrogens is 352 g/mol. The van der Waals surface area contributed by atoms with Crippen molar-refractivity contribution in [1.82, 2.24) is 5.32 Å². The molecule has 0 fully saturated rings. The molecule has 0 radical (unpaired) electrons. The van der Waals surface area contributed by atoms with Crippen molar-refractivity contribution in [3.8, 4) is 0 Å². The Kier molecular flexibility index (Phi) is 5.79. The van der Waals surface area contributed by atoms with Gasteiger partial charge in [0.2, 0.25) is 5.91 Å². The van der Waals surface area contributed by atoms with Crippen molar-refractivity contribution < 1.29 is 4.79 Å². The fraction of sp³-hybridized carbons (Fsp3) is 0.188. The summed E-state index contributed by atoms with van der Waals surface area (Å²) in [6, 6.07) is 15.3. The molecule has 1 atom stereocenters. The Hall–Kier alpha value is -1.36. The highest BCUT2D eigenvalue weighted by Gasteiger charge is 2.09. The number of benzene rings is 2. The summed E-state index contributed by atoms with van der Waals surface area (Å²) in [5.41, 5.74) is 1.76. The minimum Gasteiger partial charge on any atom is -0.324 e. The number of anilines is 1. The molecule has 0 saturated carbocycles. The Bertz CT molecular complexity index is 616. The molecule has 5 heteroatoms. The van der Waals surface area contributed by atoms with Crippen LogP contribution in [0.2, 0.25) is 5.02 Å². The first kappa shape index (κ1) is 16.0. The van der Waals surface area contributed by atoms with E-state index >= 15 is 0 Å². The van der Waals surface area contributed by atoms with E-state index in [1.54, 1.807) is 12.1 Å². The van der Waals surface area contributed by atoms with E-state index in [2.05, 4.69) is 26.6 Å². The molecule has 3 nitrogen and oxygen atoms in total. The summed E-state index contributed by atoms with van der Waals surface area (Å²) >= 11 is 9.41. The predicted octanol–water partition coefficient (Wildman–Crippen LogP) is 4.39. The second-order valence-corrected chi connectivity index (χ2v) is 6.01. The average Bonchev–Trinajstić information content (AvgIpc) is 2.48. The number of hydrogen-bond donors (Lipinski definition) is 2. The van der Waals surface area contributed by atoms with E-state index in [0.717, 1.165) is 10.0 Å². The molecule has 0 saturated heterocycles. The van der Waals surface area contributed by atoms with Gasteiger partial charge >= 0.3 is 0 Å². The topological polar surface area (TPSA) is 41.1 Å². The molecule has 0 spiro atoms. The summed E-state index contributed by atoms with van der Waals surface area (Å²) in [6.45, 7) is 2.24. The van der Waals surface area contributed by atoms with Gasteiger partial charge in [-0.15, -0.1) is 0 Å². The van der Waals surface area contributed by atoms with Crippen LogP contribution in [0.3, 0.4) is 0 Å². The number of halogens is 2. The molecule has 0 aliphatic carbocycles. The van der Waals surface area contributed by atoms with E-state index in [-0.39, 0.29) is 18.5 Å². The third-order valence-corrected chi connectivity index (χ3v) is 3.95. The minimum atomic E-state index is -0.118. The highest BCUT2D eigenvalue weighted by atomic mass is 79.9. The molecule has 2 aromatic carbocycles. The molecule has 21 heavy (non-hydrogen) atoms. The lowest BCUT2D eigenvalue weighted by Gasteiger charge is -2.14. The normalized spacial score (nSPS) is 12.0. The minimum absolute atomic E-state index is 0.0927. The van der Waals surface area contributed by atoms with Gasteiger partial charge in [0, 0.05) is 10.5 Å². The number of amides is 1. The summed E-state index contributed by atoms with van der Waals surface area (Å²) in [6.07, 6.45) is 0. The third kappa shape index (κ3) is 4.84. The van der Waals surface area contributed by atoms with Gasteiger partial charge in [0.15, 0.2) is 0 Å². The van der Waals surface area contributed by atoms with Gasteiger partial charge in [-0.2, -0.15) is 0 Å². The summed E-state index contributed by atoms with van der Waals surface area (Å²) in [5.74, 6) is -0.118. The lowest BCUT2D eigenvalue weighted by Crippen LogP contribution is -2.30. The quantitative estimate of drug-likeness (QED) is 0.823. The van der Waals surface area contributed by atoms with Crippen molar-refractivity contribution >= 4 is 39.1 Å². The molecule has 2 aromatic rings. The molecular formula is C16H16BrClN2O. The maximum absolute atomic E-state index is 11.9. The summed E-state index contributed by atoms with van der Waals surface area (Å²) in [5, 5.41) is 6.51. The number of carbonyl (C=O) groups excluding carboxylic acids is 1. The molecule has 0 heterocycles. The van der Waals surface area contributed by atoms with Gasteiger partial charge in [0.1, 0.15) is 0 Å². The van der Waals surface area contributed by atoms with Crippen LogP contribution in [0, 0.1) is 0 Å². The van der Waals surface area contributed by atoms with Crippen LogP contribution in [-0.4, -0.2) is 12.5 Å². The van der Waals surface area contributed by atoms with E-state index in [1.807, 2.05) is 43.3 Å². The van der Waals surface area contributed by atoms with Crippen LogP contribution in [0.4, 0.5) is 5.69 Å². The maximum Gasteiger partial charge on any atom is 0.238 e. The Labute approximate surface area is 137 Å². The van der Waals surface area contributed by atoms with Crippen LogP contribution in [0.15, 0.2) is 53.0 Å². The second kappa shape index (κ2) is 7.59. The first-order valence-electron chi connectivity index (χ1n) is 6.59. The molecule has 0 bridgehead atoms. The molecule has 1 unspecified atom stereocenters. The molecule has 110 valence electrons. The van der Waals surface area contributed by atoms with Crippen LogP contribution in [-0.2, 0) is 4.79 Å². The van der Waals surface area contributed by atoms with Gasteiger partial charge in [-0.05, 0) is 36.8 Å². The standard InChI is InChI=1S/C16H16BrClN2O/c1-11(12-6-8-13(17)9-7-12)19-10-16(21)20-15-5-3-2-4-14(15)18/h2-9,11,19H,10H2,1H3,(H,20,21). The van der Waals surface area contributed by atoms with Gasteiger partial charge in [0.25, 0.3) is 0 Å². The molecule has 2 N–H and O–H groups in total. The van der Waals surface area contributed by atoms with Crippen molar-refractivity contribution in [3.05, 3.63) is 63.6 Å². The number of para-hydroxylation sites is 1. The molecule has 2 rings (SSSR count). The lowest BCUT2D eigenvalue weighted by molar-refractivity contribution is -0.115. The SMILES string of the molecule is CC(NCC(=O)Nc1ccccc1Cl)c1ccc(Br)cc1. The molecule has 1 amide bonds. The third-order valence-electron chi connectivity index (χ3n) is 3.09. The van der Waals surface area contributed by atoms with Gasteiger partial charge < -0.3 is 10.6 Å². The Balaban J connectivity index is 1.86. The molecule has 0 aliphatic rings. The monoisotopic (exact) mass is 366 g/mol. The highest BCUT2D eigenvalue weighted by Crippen LogP contribution is 2.20. The van der Waals surface area contributed by atoms with E-state index in [9.17, 15) is 4.79 Å². The van der Waals surface area contributed by atoms with E-state index in [1.165, 1.54) is 0 Å². The van der Waals surface area contributed by atoms with Gasteiger partial charge in [-0.3, -0.25) is 4.79 Å². The first-order valence-corrected chi connectivity index (χ1v) is 7.76. The van der Waals surface area contributed by atoms with Crippen molar-refractivity contribution in [2.24, 2.45) is 0 Å². The fourth-order valence-corrected chi connectivity index (χ4v) is 2.32. The maximum atomic E-state index is 11.9. The van der Waals surface area contributed by atoms with Crippen LogP contribution in [0.25, 0.3) is 0 Å². The molecule has 0 aromatic heterocycles. The Morgan fingerprint density at radius 2 is 1.86 bits per heavy atom. The smallest absolute Gasteiger partial charge is 0.238 e. The zero-order valence-corrected chi connectivity index (χ0v) is 13.9. The zero-order chi connectivity index (χ0) is 15.2. The van der Waals surface area contributed by atoms with Crippen LogP contribution < -0.4 is 10.6 Å². The van der Waals surface area contributed by atoms with Crippen molar-refractivity contribution in [2.75, 3.05) is 11.9 Å². The average molecular weight is 368 g/mol. The predicted molar refractivity (Wildman–Crippen MR) is 90.6 cm³/mol. The van der Waals surface area contributed by atoms with Gasteiger partial charge in [-0.25, -0.2) is 0 Å². The summed E-state index contributed by atoms with van der Waals surface area (Å²) < 4.78 is 1.04. The zero-order valence-electron chi connectivity index (χ0n) is 11.6. The number of nitrogens with one attached hydrogen (secondary N) is 2. The number of carbonyl (C=O) groups is 1. The van der Waals surface area contributed by atoms with Crippen LogP contribution >= 0.6 is 27.5 Å². The summed E-state index contributed by atoms with van der Waals surface area (Å²) in [4.78, 5) is 11.9. The second-order valence-electron chi connectivity index (χ2n) is 4.68. The number of rotatable bonds is 5. The lowest BCUT2D eigenvalue weighted by atomic mass is 10.1. The van der Waals surface area contributed by atoms with Gasteiger partial charge in [0.05, 0.1) is 17.3 Å². The van der Waals surface area contributed by atoms with Crippen molar-refractivity contribution in [2.45, 2.75) is 13.0 Å². The highest BCUT2D eigenvalue weighted by molar-refractivity contribution is 9.10. The van der Waals surface area contributed by atoms with Crippen molar-refractivity contribution in [3.63, 3.8) is 0 Å². The molecule has 0 aliphatic heterocycles. The van der Waals surface area contributed by atoms with Crippen LogP contribution in [0.1, 0.15) is 18.5 Å². The van der Waals surface area contributed by atoms with E-state index in [4.69, 9.17) is 11.6 Å². The van der Waals surface area contributed by atoms with Crippen LogP contribution in [0.5, 0.6) is 0 Å². The Morgan fingerprint density at radius 3 is 2.52 bits per heavy atom. The van der Waals surface area contributed by atoms with Gasteiger partial charge in [-0.1, -0.05) is 51.8 Å². The first-order chi connectivity index (χ1) is 10.1. The van der Waals surface area contributed by atoms with E-state index in [0.29, 0.717) is 10.7 Å². The largest absolute Gasteiger partial charge is 0.324 e. The Morgan fingerprint density at radius 1 is 1.19 bits per heavy atom. The fourth-order valence-electron chi connectivity index (χ4n) is 1.87. The summed E-state index contributed by atoms with van der Waals surface area (Å²) in [7, 11) is 0.